The maximum Gasteiger partial charge on any atom is 0.435 e. The van der Waals surface area contributed by atoms with Gasteiger partial charge in [-0.2, -0.15) is 23.4 Å². The normalized spacial score (nSPS) is 15.5. The van der Waals surface area contributed by atoms with Crippen molar-refractivity contribution in [2.24, 2.45) is 0 Å². The fourth-order valence-corrected chi connectivity index (χ4v) is 3.99. The quantitative estimate of drug-likeness (QED) is 0.379. The number of carbonyl (C=O) groups is 1. The van der Waals surface area contributed by atoms with Crippen molar-refractivity contribution >= 4 is 22.6 Å². The fourth-order valence-electron chi connectivity index (χ4n) is 3.99. The van der Waals surface area contributed by atoms with Crippen molar-refractivity contribution < 1.29 is 31.5 Å². The summed E-state index contributed by atoms with van der Waals surface area (Å²) in [6.45, 7) is 2.79. The zero-order valence-corrected chi connectivity index (χ0v) is 19.1. The molecule has 0 saturated carbocycles. The van der Waals surface area contributed by atoms with Crippen molar-refractivity contribution in [2.45, 2.75) is 25.6 Å². The summed E-state index contributed by atoms with van der Waals surface area (Å²) in [4.78, 5) is 31.4. The Kier molecular flexibility index (Phi) is 7.19. The van der Waals surface area contributed by atoms with Gasteiger partial charge in [-0.15, -0.1) is 0 Å². The van der Waals surface area contributed by atoms with Crippen LogP contribution in [-0.2, 0) is 15.7 Å². The molecule has 1 saturated heterocycles. The molecule has 0 aliphatic carbocycles. The van der Waals surface area contributed by atoms with Crippen molar-refractivity contribution in [3.05, 3.63) is 46.1 Å². The van der Waals surface area contributed by atoms with E-state index in [0.717, 1.165) is 23.1 Å². The number of H-pyrrole nitrogens is 1. The van der Waals surface area contributed by atoms with E-state index in [-0.39, 0.29) is 36.9 Å². The van der Waals surface area contributed by atoms with Crippen LogP contribution in [0.3, 0.4) is 0 Å². The lowest BCUT2D eigenvalue weighted by Gasteiger charge is -2.35. The van der Waals surface area contributed by atoms with Gasteiger partial charge in [-0.05, 0) is 6.92 Å². The van der Waals surface area contributed by atoms with E-state index in [0.29, 0.717) is 26.2 Å². The van der Waals surface area contributed by atoms with E-state index < -0.39 is 40.5 Å². The molecule has 3 aromatic heterocycles. The molecule has 1 aliphatic rings. The Balaban J connectivity index is 1.28. The molecule has 1 unspecified atom stereocenters. The van der Waals surface area contributed by atoms with Gasteiger partial charge in [-0.25, -0.2) is 18.9 Å². The van der Waals surface area contributed by atoms with Crippen LogP contribution in [-0.4, -0.2) is 75.2 Å². The van der Waals surface area contributed by atoms with E-state index in [9.17, 15) is 31.5 Å². The third-order valence-corrected chi connectivity index (χ3v) is 5.75. The van der Waals surface area contributed by atoms with Crippen LogP contribution in [0.15, 0.2) is 23.3 Å². The predicted molar refractivity (Wildman–Crippen MR) is 116 cm³/mol. The van der Waals surface area contributed by atoms with Crippen molar-refractivity contribution in [2.75, 3.05) is 44.3 Å². The van der Waals surface area contributed by atoms with Gasteiger partial charge in [-0.3, -0.25) is 14.3 Å². The summed E-state index contributed by atoms with van der Waals surface area (Å²) in [5, 5.41) is 8.50. The molecule has 1 amide bonds. The third-order valence-electron chi connectivity index (χ3n) is 5.75. The van der Waals surface area contributed by atoms with Crippen LogP contribution in [0.25, 0.3) is 10.9 Å². The van der Waals surface area contributed by atoms with E-state index in [1.807, 2.05) is 5.10 Å². The molecule has 15 heteroatoms. The number of carbonyl (C=O) groups excluding carboxylic acids is 1. The van der Waals surface area contributed by atoms with Crippen molar-refractivity contribution in [3.63, 3.8) is 0 Å². The summed E-state index contributed by atoms with van der Waals surface area (Å²) in [6.07, 6.45) is -2.77. The molecule has 0 bridgehead atoms. The van der Waals surface area contributed by atoms with Gasteiger partial charge < -0.3 is 14.5 Å². The lowest BCUT2D eigenvalue weighted by molar-refractivity contribution is -0.140. The molecule has 1 atom stereocenters. The van der Waals surface area contributed by atoms with E-state index >= 15 is 0 Å². The molecule has 4 heterocycles. The first-order valence-electron chi connectivity index (χ1n) is 11.0. The summed E-state index contributed by atoms with van der Waals surface area (Å²) >= 11 is 0. The monoisotopic (exact) mass is 515 g/mol. The lowest BCUT2D eigenvalue weighted by Crippen LogP contribution is -2.49. The average Bonchev–Trinajstić information content (AvgIpc) is 3.24. The lowest BCUT2D eigenvalue weighted by atomic mass is 10.2. The largest absolute Gasteiger partial charge is 0.435 e. The molecular weight excluding hydrogens is 493 g/mol. The van der Waals surface area contributed by atoms with Gasteiger partial charge in [-0.1, -0.05) is 0 Å². The highest BCUT2D eigenvalue weighted by Gasteiger charge is 2.38. The Morgan fingerprint density at radius 3 is 2.58 bits per heavy atom. The number of ether oxygens (including phenoxy) is 1. The van der Waals surface area contributed by atoms with E-state index in [2.05, 4.69) is 15.2 Å². The Morgan fingerprint density at radius 2 is 1.92 bits per heavy atom. The number of aromatic nitrogens is 5. The van der Waals surface area contributed by atoms with Gasteiger partial charge in [0.15, 0.2) is 17.3 Å². The second kappa shape index (κ2) is 10.2. The number of aromatic amines is 1. The number of hydrogen-bond donors (Lipinski definition) is 1. The topological polar surface area (TPSA) is 109 Å². The summed E-state index contributed by atoms with van der Waals surface area (Å²) in [7, 11) is 0. The van der Waals surface area contributed by atoms with Crippen LogP contribution >= 0.6 is 0 Å². The molecule has 0 radical (unpaired) electrons. The molecule has 3 aromatic rings. The smallest absolute Gasteiger partial charge is 0.379 e. The molecule has 1 N–H and O–H groups in total. The van der Waals surface area contributed by atoms with Crippen LogP contribution in [0.2, 0.25) is 0 Å². The first-order valence-corrected chi connectivity index (χ1v) is 11.0. The summed E-state index contributed by atoms with van der Waals surface area (Å²) in [5.41, 5.74) is -2.39. The van der Waals surface area contributed by atoms with Gasteiger partial charge in [0.05, 0.1) is 43.6 Å². The van der Waals surface area contributed by atoms with E-state index in [1.165, 1.54) is 0 Å². The molecule has 36 heavy (non-hydrogen) atoms. The SMILES string of the molecule is CC(COCCC(=O)N1CCN(c2ncc(F)cc2F)CC1)n1nc(C(F)(F)F)c2c(=O)[nH]ncc21. The number of halogens is 5. The van der Waals surface area contributed by atoms with E-state index in [4.69, 9.17) is 4.74 Å². The van der Waals surface area contributed by atoms with Crippen molar-refractivity contribution in [1.29, 1.82) is 0 Å². The molecule has 194 valence electrons. The fraction of sp³-hybridized carbons (Fsp3) is 0.476. The molecular formula is C21H22F5N7O3. The van der Waals surface area contributed by atoms with Crippen LogP contribution < -0.4 is 10.5 Å². The van der Waals surface area contributed by atoms with Gasteiger partial charge in [0.2, 0.25) is 5.91 Å². The van der Waals surface area contributed by atoms with E-state index in [1.54, 1.807) is 16.7 Å². The Hall–Kier alpha value is -3.62. The number of fused-ring (bicyclic) bond motifs is 1. The highest BCUT2D eigenvalue weighted by Crippen LogP contribution is 2.33. The number of rotatable bonds is 7. The van der Waals surface area contributed by atoms with Gasteiger partial charge in [0.25, 0.3) is 5.56 Å². The number of nitrogens with zero attached hydrogens (tertiary/aromatic N) is 6. The zero-order valence-electron chi connectivity index (χ0n) is 19.1. The number of piperazine rings is 1. The highest BCUT2D eigenvalue weighted by molar-refractivity contribution is 5.80. The number of alkyl halides is 3. The number of anilines is 1. The number of pyridine rings is 1. The van der Waals surface area contributed by atoms with Crippen molar-refractivity contribution in [3.8, 4) is 0 Å². The molecule has 1 fully saturated rings. The minimum atomic E-state index is -4.83. The Labute approximate surface area is 200 Å². The second-order valence-corrected chi connectivity index (χ2v) is 8.25. The third kappa shape index (κ3) is 5.29. The van der Waals surface area contributed by atoms with Gasteiger partial charge >= 0.3 is 6.18 Å². The average molecular weight is 515 g/mol. The Bertz CT molecular complexity index is 1300. The second-order valence-electron chi connectivity index (χ2n) is 8.25. The zero-order chi connectivity index (χ0) is 26.0. The number of nitrogens with one attached hydrogen (secondary N) is 1. The maximum absolute atomic E-state index is 13.9. The van der Waals surface area contributed by atoms with Gasteiger partial charge in [0.1, 0.15) is 11.2 Å². The number of amides is 1. The summed E-state index contributed by atoms with van der Waals surface area (Å²) in [6, 6.07) is 0.0758. The highest BCUT2D eigenvalue weighted by atomic mass is 19.4. The molecule has 10 nitrogen and oxygen atoms in total. The Morgan fingerprint density at radius 1 is 1.19 bits per heavy atom. The molecule has 0 aromatic carbocycles. The van der Waals surface area contributed by atoms with Gasteiger partial charge in [0, 0.05) is 32.2 Å². The standard InChI is InChI=1S/C21H22F5N7O3/c1-12(33-15-10-28-29-20(35)17(15)18(30-33)21(24,25)26)11-36-7-2-16(34)31-3-5-32(6-4-31)19-14(23)8-13(22)9-27-19/h8-10,12H,2-7,11H2,1H3,(H,29,35). The van der Waals surface area contributed by atoms with Crippen LogP contribution in [0.4, 0.5) is 27.8 Å². The first-order chi connectivity index (χ1) is 17.1. The number of hydrogen-bond acceptors (Lipinski definition) is 7. The van der Waals surface area contributed by atoms with Crippen LogP contribution in [0.5, 0.6) is 0 Å². The summed E-state index contributed by atoms with van der Waals surface area (Å²) in [5.74, 6) is -1.72. The summed E-state index contributed by atoms with van der Waals surface area (Å²) < 4.78 is 73.5. The minimum absolute atomic E-state index is 0.0156. The van der Waals surface area contributed by atoms with Crippen LogP contribution in [0.1, 0.15) is 25.1 Å². The van der Waals surface area contributed by atoms with Crippen molar-refractivity contribution in [1.82, 2.24) is 29.9 Å². The maximum atomic E-state index is 13.9. The van der Waals surface area contributed by atoms with Crippen LogP contribution in [0, 0.1) is 11.6 Å². The molecule has 0 spiro atoms. The first kappa shape index (κ1) is 25.5. The molecule has 1 aliphatic heterocycles. The predicted octanol–water partition coefficient (Wildman–Crippen LogP) is 2.13. The minimum Gasteiger partial charge on any atom is -0.379 e. The molecule has 4 rings (SSSR count).